The Hall–Kier alpha value is -1.59. The molecule has 1 aliphatic heterocycles. The average Bonchev–Trinajstić information content (AvgIpc) is 2.77. The summed E-state index contributed by atoms with van der Waals surface area (Å²) in [6.45, 7) is 2.25. The molecule has 0 spiro atoms. The number of ether oxygens (including phenoxy) is 1. The zero-order valence-corrected chi connectivity index (χ0v) is 11.2. The van der Waals surface area contributed by atoms with E-state index in [9.17, 15) is 9.59 Å². The largest absolute Gasteiger partial charge is 0.465 e. The molecule has 19 heavy (non-hydrogen) atoms. The van der Waals surface area contributed by atoms with Crippen molar-refractivity contribution in [2.75, 3.05) is 13.2 Å². The third-order valence-corrected chi connectivity index (χ3v) is 3.88. The van der Waals surface area contributed by atoms with Crippen molar-refractivity contribution in [2.45, 2.75) is 45.1 Å². The second-order valence-electron chi connectivity index (χ2n) is 5.04. The minimum atomic E-state index is -0.751. The first-order valence-electron chi connectivity index (χ1n) is 6.88. The molecule has 0 aromatic rings. The summed E-state index contributed by atoms with van der Waals surface area (Å²) in [5.74, 6) is -1.56. The predicted molar refractivity (Wildman–Crippen MR) is 67.9 cm³/mol. The van der Waals surface area contributed by atoms with Gasteiger partial charge in [0.05, 0.1) is 6.61 Å². The van der Waals surface area contributed by atoms with Crippen molar-refractivity contribution in [2.24, 2.45) is 11.1 Å². The molecule has 1 atom stereocenters. The van der Waals surface area contributed by atoms with E-state index < -0.39 is 11.9 Å². The van der Waals surface area contributed by atoms with E-state index in [0.717, 1.165) is 25.7 Å². The highest BCUT2D eigenvalue weighted by Crippen LogP contribution is 2.28. The number of rotatable bonds is 3. The van der Waals surface area contributed by atoms with E-state index in [2.05, 4.69) is 5.16 Å². The monoisotopic (exact) mass is 268 g/mol. The van der Waals surface area contributed by atoms with Crippen molar-refractivity contribution in [1.29, 1.82) is 0 Å². The van der Waals surface area contributed by atoms with Crippen LogP contribution in [0.3, 0.4) is 0 Å². The van der Waals surface area contributed by atoms with E-state index in [-0.39, 0.29) is 30.8 Å². The fourth-order valence-corrected chi connectivity index (χ4v) is 2.91. The Balaban J connectivity index is 2.11. The van der Waals surface area contributed by atoms with Crippen LogP contribution in [0.4, 0.5) is 0 Å². The van der Waals surface area contributed by atoms with Gasteiger partial charge >= 0.3 is 5.97 Å². The lowest BCUT2D eigenvalue weighted by Gasteiger charge is -2.30. The van der Waals surface area contributed by atoms with Gasteiger partial charge < -0.3 is 14.8 Å². The molecule has 1 saturated heterocycles. The molecule has 0 aromatic carbocycles. The minimum absolute atomic E-state index is 0.0796. The summed E-state index contributed by atoms with van der Waals surface area (Å²) in [7, 11) is 0. The van der Waals surface area contributed by atoms with Crippen molar-refractivity contribution in [3.8, 4) is 0 Å². The second-order valence-corrected chi connectivity index (χ2v) is 5.04. The molecule has 1 saturated carbocycles. The lowest BCUT2D eigenvalue weighted by molar-refractivity contribution is -0.145. The first-order valence-corrected chi connectivity index (χ1v) is 6.88. The Bertz CT molecular complexity index is 388. The number of amides is 1. The highest BCUT2D eigenvalue weighted by molar-refractivity contribution is 6.44. The van der Waals surface area contributed by atoms with Crippen LogP contribution in [0.2, 0.25) is 0 Å². The topological polar surface area (TPSA) is 79.2 Å². The summed E-state index contributed by atoms with van der Waals surface area (Å²) in [6, 6.07) is 0.164. The van der Waals surface area contributed by atoms with Gasteiger partial charge in [0.25, 0.3) is 5.91 Å². The Morgan fingerprint density at radius 3 is 2.68 bits per heavy atom. The Morgan fingerprint density at radius 2 is 2.11 bits per heavy atom. The number of carbonyl (C=O) groups excluding carboxylic acids is 2. The molecule has 0 bridgehead atoms. The molecule has 106 valence electrons. The second kappa shape index (κ2) is 6.04. The van der Waals surface area contributed by atoms with Gasteiger partial charge in [-0.2, -0.15) is 0 Å². The number of hydrogen-bond donors (Lipinski definition) is 1. The summed E-state index contributed by atoms with van der Waals surface area (Å²) in [6.07, 6.45) is 5.31. The van der Waals surface area contributed by atoms with Crippen LogP contribution in [0, 0.1) is 5.92 Å². The van der Waals surface area contributed by atoms with Crippen molar-refractivity contribution in [3.63, 3.8) is 0 Å². The van der Waals surface area contributed by atoms with Gasteiger partial charge in [-0.05, 0) is 19.8 Å². The number of hydrogen-bond acceptors (Lipinski definition) is 5. The lowest BCUT2D eigenvalue weighted by Crippen LogP contribution is -2.39. The van der Waals surface area contributed by atoms with E-state index >= 15 is 0 Å². The number of esters is 1. The van der Waals surface area contributed by atoms with E-state index in [1.807, 2.05) is 0 Å². The van der Waals surface area contributed by atoms with E-state index in [0.29, 0.717) is 0 Å². The molecule has 6 nitrogen and oxygen atoms in total. The molecule has 1 N–H and O–H groups in total. The van der Waals surface area contributed by atoms with Crippen LogP contribution in [0.5, 0.6) is 0 Å². The third-order valence-electron chi connectivity index (χ3n) is 3.88. The molecule has 2 fully saturated rings. The van der Waals surface area contributed by atoms with Gasteiger partial charge in [0.2, 0.25) is 0 Å². The van der Waals surface area contributed by atoms with Crippen LogP contribution < -0.4 is 0 Å². The third kappa shape index (κ3) is 2.72. The van der Waals surface area contributed by atoms with Crippen LogP contribution in [0.15, 0.2) is 5.16 Å². The highest BCUT2D eigenvalue weighted by Gasteiger charge is 2.45. The zero-order valence-electron chi connectivity index (χ0n) is 11.2. The molecule has 1 heterocycles. The summed E-state index contributed by atoms with van der Waals surface area (Å²) in [4.78, 5) is 25.7. The van der Waals surface area contributed by atoms with Gasteiger partial charge in [0, 0.05) is 12.6 Å². The van der Waals surface area contributed by atoms with Crippen LogP contribution in [0.1, 0.15) is 39.0 Å². The molecule has 6 heteroatoms. The number of oxime groups is 1. The lowest BCUT2D eigenvalue weighted by atomic mass is 9.94. The first kappa shape index (κ1) is 13.8. The first-order chi connectivity index (χ1) is 9.19. The van der Waals surface area contributed by atoms with Gasteiger partial charge in [-0.15, -0.1) is 0 Å². The maximum Gasteiger partial charge on any atom is 0.317 e. The standard InChI is InChI=1S/C13H20N2O4/c1-2-19-13(17)10-8-15(12(16)11(10)14-18)9-6-4-3-5-7-9/h9-10,18H,2-8H2,1H3/b14-11+/t10-/m0/s1. The maximum absolute atomic E-state index is 12.2. The normalized spacial score (nSPS) is 27.0. The van der Waals surface area contributed by atoms with Gasteiger partial charge in [0.1, 0.15) is 5.92 Å². The number of carbonyl (C=O) groups is 2. The van der Waals surface area contributed by atoms with E-state index in [1.165, 1.54) is 6.42 Å². The van der Waals surface area contributed by atoms with Crippen molar-refractivity contribution in [1.82, 2.24) is 4.90 Å². The van der Waals surface area contributed by atoms with Crippen molar-refractivity contribution >= 4 is 17.6 Å². The molecule has 2 rings (SSSR count). The van der Waals surface area contributed by atoms with Crippen LogP contribution in [-0.2, 0) is 14.3 Å². The summed E-state index contributed by atoms with van der Waals surface area (Å²) in [5, 5.41) is 12.0. The predicted octanol–water partition coefficient (Wildman–Crippen LogP) is 1.17. The molecule has 1 aliphatic carbocycles. The number of likely N-dealkylation sites (tertiary alicyclic amines) is 1. The summed E-state index contributed by atoms with van der Waals surface area (Å²) >= 11 is 0. The smallest absolute Gasteiger partial charge is 0.317 e. The average molecular weight is 268 g/mol. The molecule has 2 aliphatic rings. The molecular formula is C13H20N2O4. The molecule has 1 amide bonds. The summed E-state index contributed by atoms with van der Waals surface area (Å²) < 4.78 is 4.93. The fraction of sp³-hybridized carbons (Fsp3) is 0.769. The fourth-order valence-electron chi connectivity index (χ4n) is 2.91. The highest BCUT2D eigenvalue weighted by atomic mass is 16.5. The molecule has 0 radical (unpaired) electrons. The Morgan fingerprint density at radius 1 is 1.42 bits per heavy atom. The van der Waals surface area contributed by atoms with E-state index in [4.69, 9.17) is 9.94 Å². The van der Waals surface area contributed by atoms with Crippen molar-refractivity contribution in [3.05, 3.63) is 0 Å². The van der Waals surface area contributed by atoms with Crippen molar-refractivity contribution < 1.29 is 19.5 Å². The molecule has 0 aromatic heterocycles. The van der Waals surface area contributed by atoms with Crippen LogP contribution in [0.25, 0.3) is 0 Å². The Labute approximate surface area is 112 Å². The summed E-state index contributed by atoms with van der Waals surface area (Å²) in [5.41, 5.74) is -0.0796. The zero-order chi connectivity index (χ0) is 13.8. The molecular weight excluding hydrogens is 248 g/mol. The van der Waals surface area contributed by atoms with Gasteiger partial charge in [-0.1, -0.05) is 24.4 Å². The van der Waals surface area contributed by atoms with Crippen LogP contribution >= 0.6 is 0 Å². The minimum Gasteiger partial charge on any atom is -0.465 e. The van der Waals surface area contributed by atoms with Gasteiger partial charge in [-0.3, -0.25) is 9.59 Å². The maximum atomic E-state index is 12.2. The Kier molecular flexibility index (Phi) is 4.39. The van der Waals surface area contributed by atoms with E-state index in [1.54, 1.807) is 11.8 Å². The van der Waals surface area contributed by atoms with Crippen LogP contribution in [-0.4, -0.2) is 46.9 Å². The van der Waals surface area contributed by atoms with Gasteiger partial charge in [0.15, 0.2) is 5.71 Å². The quantitative estimate of drug-likeness (QED) is 0.473. The molecule has 0 unspecified atom stereocenters. The van der Waals surface area contributed by atoms with Gasteiger partial charge in [-0.25, -0.2) is 0 Å². The SMILES string of the molecule is CCOC(=O)[C@H]1CN(C2CCCCC2)C(=O)/C1=N/O. The number of nitrogens with zero attached hydrogens (tertiary/aromatic N) is 2.